The van der Waals surface area contributed by atoms with Crippen LogP contribution in [0.1, 0.15) is 21.5 Å². The summed E-state index contributed by atoms with van der Waals surface area (Å²) >= 11 is 0. The van der Waals surface area contributed by atoms with E-state index in [1.165, 1.54) is 7.11 Å². The number of amides is 3. The van der Waals surface area contributed by atoms with Gasteiger partial charge in [-0.3, -0.25) is 4.79 Å². The molecule has 13 heteroatoms. The van der Waals surface area contributed by atoms with Crippen molar-refractivity contribution in [3.63, 3.8) is 0 Å². The monoisotopic (exact) mass is 567 g/mol. The van der Waals surface area contributed by atoms with Gasteiger partial charge in [0.1, 0.15) is 6.54 Å². The summed E-state index contributed by atoms with van der Waals surface area (Å²) in [5, 5.41) is 17.8. The molecule has 0 saturated carbocycles. The molecular formula is C28H24F3N5O5. The number of aromatic amines is 1. The summed E-state index contributed by atoms with van der Waals surface area (Å²) in [6, 6.07) is 19.5. The number of urea groups is 1. The van der Waals surface area contributed by atoms with Crippen LogP contribution in [0.25, 0.3) is 10.9 Å². The Hall–Kier alpha value is -5.33. The minimum absolute atomic E-state index is 0.154. The van der Waals surface area contributed by atoms with Gasteiger partial charge in [0.2, 0.25) is 5.91 Å². The van der Waals surface area contributed by atoms with E-state index in [-0.39, 0.29) is 5.88 Å². The van der Waals surface area contributed by atoms with E-state index in [1.54, 1.807) is 47.8 Å². The third-order valence-corrected chi connectivity index (χ3v) is 5.75. The van der Waals surface area contributed by atoms with Crippen LogP contribution in [-0.2, 0) is 9.53 Å². The van der Waals surface area contributed by atoms with Gasteiger partial charge in [-0.05, 0) is 36.4 Å². The van der Waals surface area contributed by atoms with Gasteiger partial charge in [-0.2, -0.15) is 13.2 Å². The third kappa shape index (κ3) is 7.41. The average Bonchev–Trinajstić information content (AvgIpc) is 3.28. The van der Waals surface area contributed by atoms with Crippen LogP contribution in [0.3, 0.4) is 0 Å². The molecule has 3 aromatic carbocycles. The van der Waals surface area contributed by atoms with Crippen LogP contribution in [-0.4, -0.2) is 60.1 Å². The quantitative estimate of drug-likeness (QED) is 0.156. The predicted molar refractivity (Wildman–Crippen MR) is 146 cm³/mol. The van der Waals surface area contributed by atoms with Gasteiger partial charge in [-0.1, -0.05) is 36.4 Å². The number of nitrogens with one attached hydrogen (secondary N) is 4. The zero-order chi connectivity index (χ0) is 29.6. The first-order chi connectivity index (χ1) is 19.5. The molecule has 0 radical (unpaired) electrons. The van der Waals surface area contributed by atoms with E-state index in [1.807, 2.05) is 30.3 Å². The number of aromatic nitrogens is 1. The van der Waals surface area contributed by atoms with Gasteiger partial charge in [0, 0.05) is 22.2 Å². The highest BCUT2D eigenvalue weighted by Gasteiger charge is 2.27. The molecule has 212 valence electrons. The Balaban J connectivity index is 1.55. The first kappa shape index (κ1) is 28.7. The zero-order valence-corrected chi connectivity index (χ0v) is 21.5. The second kappa shape index (κ2) is 12.2. The molecule has 0 aliphatic carbocycles. The molecule has 0 fully saturated rings. The summed E-state index contributed by atoms with van der Waals surface area (Å²) in [6.07, 6.45) is -4.55. The van der Waals surface area contributed by atoms with E-state index in [9.17, 15) is 32.7 Å². The van der Waals surface area contributed by atoms with Crippen LogP contribution in [0.15, 0.2) is 77.8 Å². The number of carbonyl (C=O) groups is 3. The van der Waals surface area contributed by atoms with Gasteiger partial charge in [0.05, 0.1) is 36.2 Å². The van der Waals surface area contributed by atoms with Crippen LogP contribution in [0.4, 0.5) is 29.3 Å². The normalized spacial score (nSPS) is 11.7. The van der Waals surface area contributed by atoms with Gasteiger partial charge in [-0.15, -0.1) is 0 Å². The smallest absolute Gasteiger partial charge is 0.405 e. The summed E-state index contributed by atoms with van der Waals surface area (Å²) in [6.45, 7) is -2.13. The van der Waals surface area contributed by atoms with Crippen LogP contribution >= 0.6 is 0 Å². The molecule has 0 unspecified atom stereocenters. The number of hydrogen-bond donors (Lipinski definition) is 5. The number of alkyl halides is 3. The molecule has 1 aromatic heterocycles. The van der Waals surface area contributed by atoms with Gasteiger partial charge in [0.25, 0.3) is 0 Å². The molecule has 0 aliphatic heterocycles. The molecule has 0 spiro atoms. The fourth-order valence-corrected chi connectivity index (χ4v) is 3.87. The van der Waals surface area contributed by atoms with Crippen molar-refractivity contribution < 1.29 is 37.4 Å². The fourth-order valence-electron chi connectivity index (χ4n) is 3.87. The van der Waals surface area contributed by atoms with Crippen molar-refractivity contribution in [1.82, 2.24) is 15.6 Å². The molecule has 0 saturated heterocycles. The molecule has 41 heavy (non-hydrogen) atoms. The number of fused-ring (bicyclic) bond motifs is 1. The van der Waals surface area contributed by atoms with E-state index in [2.05, 4.69) is 15.6 Å². The Labute approximate surface area is 231 Å². The van der Waals surface area contributed by atoms with Crippen LogP contribution in [0, 0.1) is 0 Å². The van der Waals surface area contributed by atoms with Gasteiger partial charge >= 0.3 is 18.2 Å². The van der Waals surface area contributed by atoms with Crippen molar-refractivity contribution in [1.29, 1.82) is 0 Å². The largest absolute Gasteiger partial charge is 0.494 e. The van der Waals surface area contributed by atoms with E-state index in [0.29, 0.717) is 44.7 Å². The van der Waals surface area contributed by atoms with Crippen LogP contribution < -0.4 is 16.0 Å². The van der Waals surface area contributed by atoms with Gasteiger partial charge < -0.3 is 30.8 Å². The summed E-state index contributed by atoms with van der Waals surface area (Å²) < 4.78 is 41.3. The maximum absolute atomic E-state index is 12.2. The lowest BCUT2D eigenvalue weighted by molar-refractivity contribution is -0.137. The number of aliphatic imine (C=N–C) groups is 1. The number of aromatic hydroxyl groups is 1. The maximum Gasteiger partial charge on any atom is 0.405 e. The van der Waals surface area contributed by atoms with Crippen molar-refractivity contribution in [2.45, 2.75) is 6.18 Å². The standard InChI is InChI=1S/C28H24F3N5O5/c1-41-26(39)17-7-12-20-21(13-17)36-25(38)23(20)24(16-5-3-2-4-6-16)34-18-8-10-19(11-9-18)35-27(40)32-14-22(37)33-15-28(29,30)31/h2-13,36,38H,14-15H2,1H3,(H,33,37)(H2,32,35,40). The lowest BCUT2D eigenvalue weighted by Gasteiger charge is -2.10. The number of halogens is 3. The molecule has 1 heterocycles. The number of nitrogens with zero attached hydrogens (tertiary/aromatic N) is 1. The third-order valence-electron chi connectivity index (χ3n) is 5.75. The van der Waals surface area contributed by atoms with Crippen LogP contribution in [0.5, 0.6) is 5.88 Å². The number of carbonyl (C=O) groups excluding carboxylic acids is 3. The summed E-state index contributed by atoms with van der Waals surface area (Å²) in [5.41, 5.74) is 3.16. The number of hydrogen-bond acceptors (Lipinski definition) is 6. The number of H-pyrrole nitrogens is 1. The molecule has 3 amide bonds. The van der Waals surface area contributed by atoms with Crippen LogP contribution in [0.2, 0.25) is 0 Å². The van der Waals surface area contributed by atoms with Crippen molar-refractivity contribution in [2.24, 2.45) is 4.99 Å². The number of anilines is 1. The Morgan fingerprint density at radius 2 is 1.66 bits per heavy atom. The molecule has 5 N–H and O–H groups in total. The average molecular weight is 568 g/mol. The first-order valence-electron chi connectivity index (χ1n) is 12.1. The summed E-state index contributed by atoms with van der Waals surface area (Å²) in [5.74, 6) is -1.66. The van der Waals surface area contributed by atoms with Crippen molar-refractivity contribution >= 4 is 45.9 Å². The SMILES string of the molecule is COC(=O)c1ccc2c(C(=Nc3ccc(NC(=O)NCC(=O)NCC(F)(F)F)cc3)c3ccccc3)c(O)[nH]c2c1. The fraction of sp³-hybridized carbons (Fsp3) is 0.143. The Morgan fingerprint density at radius 3 is 2.32 bits per heavy atom. The number of benzene rings is 3. The molecule has 4 rings (SSSR count). The number of methoxy groups -OCH3 is 1. The lowest BCUT2D eigenvalue weighted by atomic mass is 10.00. The lowest BCUT2D eigenvalue weighted by Crippen LogP contribution is -2.42. The highest BCUT2D eigenvalue weighted by atomic mass is 19.4. The number of esters is 1. The minimum atomic E-state index is -4.55. The topological polar surface area (TPSA) is 145 Å². The number of rotatable bonds is 8. The zero-order valence-electron chi connectivity index (χ0n) is 21.5. The second-order valence-corrected chi connectivity index (χ2v) is 8.67. The van der Waals surface area contributed by atoms with E-state index in [0.717, 1.165) is 0 Å². The van der Waals surface area contributed by atoms with E-state index < -0.39 is 37.2 Å². The highest BCUT2D eigenvalue weighted by molar-refractivity contribution is 6.22. The molecular weight excluding hydrogens is 543 g/mol. The van der Waals surface area contributed by atoms with E-state index in [4.69, 9.17) is 9.73 Å². The van der Waals surface area contributed by atoms with E-state index >= 15 is 0 Å². The van der Waals surface area contributed by atoms with Crippen molar-refractivity contribution in [2.75, 3.05) is 25.5 Å². The minimum Gasteiger partial charge on any atom is -0.494 e. The second-order valence-electron chi connectivity index (χ2n) is 8.67. The molecule has 10 nitrogen and oxygen atoms in total. The first-order valence-corrected chi connectivity index (χ1v) is 12.1. The van der Waals surface area contributed by atoms with Gasteiger partial charge in [0.15, 0.2) is 5.88 Å². The van der Waals surface area contributed by atoms with Crippen molar-refractivity contribution in [3.8, 4) is 5.88 Å². The maximum atomic E-state index is 12.2. The van der Waals surface area contributed by atoms with Crippen molar-refractivity contribution in [3.05, 3.63) is 89.5 Å². The Bertz CT molecular complexity index is 1600. The molecule has 4 aromatic rings. The summed E-state index contributed by atoms with van der Waals surface area (Å²) in [7, 11) is 1.28. The molecule has 0 aliphatic rings. The summed E-state index contributed by atoms with van der Waals surface area (Å²) in [4.78, 5) is 43.1. The highest BCUT2D eigenvalue weighted by Crippen LogP contribution is 2.32. The Kier molecular flexibility index (Phi) is 8.56. The van der Waals surface area contributed by atoms with Gasteiger partial charge in [-0.25, -0.2) is 14.6 Å². The Morgan fingerprint density at radius 1 is 0.951 bits per heavy atom. The molecule has 0 bridgehead atoms. The predicted octanol–water partition coefficient (Wildman–Crippen LogP) is 4.63. The molecule has 0 atom stereocenters. The number of ether oxygens (including phenoxy) is 1.